The standard InChI is InChI=1S/C29H54O5/c1-3-5-7-9-11-13-15-17-19-21-23-25-26(28-32-29(30)31-27(25)33-34-28)24-22-20-18-16-14-12-10-8-6-4-2/h25-28H,3-24H2,1-2H3. The molecule has 5 heteroatoms. The van der Waals surface area contributed by atoms with Crippen molar-refractivity contribution in [3.05, 3.63) is 0 Å². The molecule has 3 saturated heterocycles. The first kappa shape index (κ1) is 29.4. The summed E-state index contributed by atoms with van der Waals surface area (Å²) in [6.07, 6.45) is 26.7. The Balaban J connectivity index is 1.61. The van der Waals surface area contributed by atoms with Crippen molar-refractivity contribution in [1.29, 1.82) is 0 Å². The molecule has 3 fully saturated rings. The highest BCUT2D eigenvalue weighted by Gasteiger charge is 2.48. The van der Waals surface area contributed by atoms with E-state index >= 15 is 0 Å². The van der Waals surface area contributed by atoms with E-state index in [1.165, 1.54) is 116 Å². The van der Waals surface area contributed by atoms with Gasteiger partial charge in [-0.15, -0.1) is 0 Å². The first-order valence-corrected chi connectivity index (χ1v) is 15.0. The zero-order chi connectivity index (χ0) is 24.3. The lowest BCUT2D eigenvalue weighted by Crippen LogP contribution is -2.42. The van der Waals surface area contributed by atoms with Crippen molar-refractivity contribution in [2.75, 3.05) is 0 Å². The first-order valence-electron chi connectivity index (χ1n) is 15.0. The maximum absolute atomic E-state index is 11.9. The number of ether oxygens (including phenoxy) is 2. The molecule has 4 unspecified atom stereocenters. The second-order valence-electron chi connectivity index (χ2n) is 10.7. The Bertz CT molecular complexity index is 455. The van der Waals surface area contributed by atoms with Gasteiger partial charge < -0.3 is 9.47 Å². The molecule has 0 spiro atoms. The van der Waals surface area contributed by atoms with Gasteiger partial charge in [0.15, 0.2) is 0 Å². The average Bonchev–Trinajstić information content (AvgIpc) is 3.10. The molecule has 0 saturated carbocycles. The summed E-state index contributed by atoms with van der Waals surface area (Å²) in [5.74, 6) is 0.357. The van der Waals surface area contributed by atoms with Crippen LogP contribution in [0.1, 0.15) is 155 Å². The fourth-order valence-electron chi connectivity index (χ4n) is 5.52. The predicted octanol–water partition coefficient (Wildman–Crippen LogP) is 9.62. The van der Waals surface area contributed by atoms with Crippen LogP contribution in [0.15, 0.2) is 0 Å². The van der Waals surface area contributed by atoms with Gasteiger partial charge in [0, 0.05) is 11.8 Å². The number of carbonyl (C=O) groups is 1. The average molecular weight is 483 g/mol. The van der Waals surface area contributed by atoms with Gasteiger partial charge in [0.05, 0.1) is 0 Å². The van der Waals surface area contributed by atoms with E-state index < -0.39 is 18.7 Å². The van der Waals surface area contributed by atoms with E-state index in [0.29, 0.717) is 0 Å². The lowest BCUT2D eigenvalue weighted by atomic mass is 9.82. The second-order valence-corrected chi connectivity index (χ2v) is 10.7. The van der Waals surface area contributed by atoms with Crippen molar-refractivity contribution in [2.45, 2.75) is 168 Å². The van der Waals surface area contributed by atoms with Crippen LogP contribution < -0.4 is 0 Å². The number of fused-ring (bicyclic) bond motifs is 4. The predicted molar refractivity (Wildman–Crippen MR) is 137 cm³/mol. The normalized spacial score (nSPS) is 24.1. The highest BCUT2D eigenvalue weighted by molar-refractivity contribution is 5.60. The van der Waals surface area contributed by atoms with Crippen molar-refractivity contribution in [3.63, 3.8) is 0 Å². The van der Waals surface area contributed by atoms with Crippen LogP contribution in [0.25, 0.3) is 0 Å². The molecule has 3 heterocycles. The van der Waals surface area contributed by atoms with E-state index in [1.807, 2.05) is 0 Å². The molecule has 200 valence electrons. The highest BCUT2D eigenvalue weighted by Crippen LogP contribution is 2.40. The summed E-state index contributed by atoms with van der Waals surface area (Å²) in [6, 6.07) is 0. The van der Waals surface area contributed by atoms with Crippen LogP contribution in [-0.4, -0.2) is 18.7 Å². The van der Waals surface area contributed by atoms with E-state index in [2.05, 4.69) is 13.8 Å². The maximum Gasteiger partial charge on any atom is 0.513 e. The number of hydrogen-bond acceptors (Lipinski definition) is 5. The van der Waals surface area contributed by atoms with E-state index in [-0.39, 0.29) is 11.8 Å². The third-order valence-corrected chi connectivity index (χ3v) is 7.70. The lowest BCUT2D eigenvalue weighted by Gasteiger charge is -2.36. The third kappa shape index (κ3) is 12.2. The molecule has 3 rings (SSSR count). The molecule has 34 heavy (non-hydrogen) atoms. The second kappa shape index (κ2) is 19.4. The van der Waals surface area contributed by atoms with Gasteiger partial charge >= 0.3 is 6.16 Å². The molecule has 2 bridgehead atoms. The minimum atomic E-state index is -0.647. The SMILES string of the molecule is CCCCCCCCCCCCC1C2OOC(OC(=O)O2)C1CCCCCCCCCCCC. The summed E-state index contributed by atoms with van der Waals surface area (Å²) < 4.78 is 10.8. The van der Waals surface area contributed by atoms with E-state index in [0.717, 1.165) is 25.7 Å². The fourth-order valence-corrected chi connectivity index (χ4v) is 5.52. The molecule has 0 aliphatic carbocycles. The number of hydrogen-bond donors (Lipinski definition) is 0. The molecule has 0 radical (unpaired) electrons. The van der Waals surface area contributed by atoms with Crippen molar-refractivity contribution in [1.82, 2.24) is 0 Å². The number of unbranched alkanes of at least 4 members (excludes halogenated alkanes) is 18. The van der Waals surface area contributed by atoms with Crippen molar-refractivity contribution < 1.29 is 24.0 Å². The third-order valence-electron chi connectivity index (χ3n) is 7.70. The molecule has 5 nitrogen and oxygen atoms in total. The largest absolute Gasteiger partial charge is 0.513 e. The molecule has 0 N–H and O–H groups in total. The van der Waals surface area contributed by atoms with Gasteiger partial charge in [0.2, 0.25) is 12.6 Å². The van der Waals surface area contributed by atoms with Crippen LogP contribution in [0.4, 0.5) is 4.79 Å². The molecular formula is C29H54O5. The van der Waals surface area contributed by atoms with Crippen LogP contribution in [0.2, 0.25) is 0 Å². The van der Waals surface area contributed by atoms with Gasteiger partial charge in [-0.1, -0.05) is 142 Å². The van der Waals surface area contributed by atoms with Gasteiger partial charge in [-0.3, -0.25) is 0 Å². The van der Waals surface area contributed by atoms with Crippen molar-refractivity contribution >= 4 is 6.16 Å². The zero-order valence-electron chi connectivity index (χ0n) is 22.4. The maximum atomic E-state index is 11.9. The van der Waals surface area contributed by atoms with E-state index in [1.54, 1.807) is 0 Å². The lowest BCUT2D eigenvalue weighted by molar-refractivity contribution is -0.451. The molecule has 0 aromatic rings. The van der Waals surface area contributed by atoms with Crippen LogP contribution >= 0.6 is 0 Å². The number of rotatable bonds is 22. The quantitative estimate of drug-likeness (QED) is 0.0873. The monoisotopic (exact) mass is 482 g/mol. The van der Waals surface area contributed by atoms with Crippen LogP contribution in [0.3, 0.4) is 0 Å². The van der Waals surface area contributed by atoms with Crippen molar-refractivity contribution in [3.8, 4) is 0 Å². The fraction of sp³-hybridized carbons (Fsp3) is 0.966. The Morgan fingerprint density at radius 1 is 0.471 bits per heavy atom. The Morgan fingerprint density at radius 2 is 0.765 bits per heavy atom. The topological polar surface area (TPSA) is 54.0 Å². The summed E-state index contributed by atoms with van der Waals surface area (Å²) in [6.45, 7) is 4.54. The molecule has 3 aliphatic heterocycles. The summed E-state index contributed by atoms with van der Waals surface area (Å²) in [4.78, 5) is 22.7. The first-order chi connectivity index (χ1) is 16.8. The Morgan fingerprint density at radius 3 is 1.09 bits per heavy atom. The molecule has 0 amide bonds. The Labute approximate surface area is 209 Å². The van der Waals surface area contributed by atoms with E-state index in [4.69, 9.17) is 19.2 Å². The summed E-state index contributed by atoms with van der Waals surface area (Å²) in [7, 11) is 0. The highest BCUT2D eigenvalue weighted by atomic mass is 17.3. The van der Waals surface area contributed by atoms with Crippen LogP contribution in [-0.2, 0) is 19.2 Å². The van der Waals surface area contributed by atoms with Crippen molar-refractivity contribution in [2.24, 2.45) is 11.8 Å². The van der Waals surface area contributed by atoms with E-state index in [9.17, 15) is 4.79 Å². The number of carbonyl (C=O) groups excluding carboxylic acids is 1. The van der Waals surface area contributed by atoms with Gasteiger partial charge in [0.1, 0.15) is 0 Å². The Hall–Kier alpha value is -0.810. The van der Waals surface area contributed by atoms with Crippen LogP contribution in [0, 0.1) is 11.8 Å². The molecule has 3 aliphatic rings. The minimum absolute atomic E-state index is 0.179. The zero-order valence-corrected chi connectivity index (χ0v) is 22.4. The van der Waals surface area contributed by atoms with Gasteiger partial charge in [-0.05, 0) is 12.8 Å². The smallest absolute Gasteiger partial charge is 0.401 e. The van der Waals surface area contributed by atoms with Gasteiger partial charge in [-0.2, -0.15) is 9.78 Å². The van der Waals surface area contributed by atoms with Crippen LogP contribution in [0.5, 0.6) is 0 Å². The molecule has 0 aromatic carbocycles. The Kier molecular flexibility index (Phi) is 16.8. The molecular weight excluding hydrogens is 428 g/mol. The van der Waals surface area contributed by atoms with Gasteiger partial charge in [0.25, 0.3) is 0 Å². The summed E-state index contributed by atoms with van der Waals surface area (Å²) in [5.41, 5.74) is 0. The molecule has 0 aromatic heterocycles. The minimum Gasteiger partial charge on any atom is -0.401 e. The molecule has 4 atom stereocenters. The summed E-state index contributed by atoms with van der Waals surface area (Å²) >= 11 is 0. The summed E-state index contributed by atoms with van der Waals surface area (Å²) in [5, 5.41) is 0. The van der Waals surface area contributed by atoms with Gasteiger partial charge in [-0.25, -0.2) is 4.79 Å².